The fraction of sp³-hybridized carbons (Fsp3) is 0.188. The van der Waals surface area contributed by atoms with Gasteiger partial charge in [0, 0.05) is 25.0 Å². The molecule has 0 atom stereocenters. The topological polar surface area (TPSA) is 59.3 Å². The summed E-state index contributed by atoms with van der Waals surface area (Å²) in [4.78, 5) is 16.3. The largest absolute Gasteiger partial charge is 0.352 e. The highest BCUT2D eigenvalue weighted by molar-refractivity contribution is 5.93. The summed E-state index contributed by atoms with van der Waals surface area (Å²) in [7, 11) is 0. The molecular weight excluding hydrogens is 264 g/mol. The third-order valence-corrected chi connectivity index (χ3v) is 3.24. The maximum absolute atomic E-state index is 12.1. The van der Waals surface area contributed by atoms with E-state index in [0.717, 1.165) is 17.8 Å². The fourth-order valence-corrected chi connectivity index (χ4v) is 2.18. The quantitative estimate of drug-likeness (QED) is 0.795. The van der Waals surface area contributed by atoms with Gasteiger partial charge in [-0.2, -0.15) is 5.10 Å². The van der Waals surface area contributed by atoms with Crippen LogP contribution in [0.15, 0.2) is 48.8 Å². The van der Waals surface area contributed by atoms with E-state index in [1.165, 1.54) is 5.56 Å². The van der Waals surface area contributed by atoms with Crippen LogP contribution in [0.3, 0.4) is 0 Å². The molecule has 106 valence electrons. The molecule has 0 aliphatic carbocycles. The Morgan fingerprint density at radius 3 is 2.90 bits per heavy atom. The van der Waals surface area contributed by atoms with Crippen molar-refractivity contribution in [2.75, 3.05) is 6.54 Å². The zero-order valence-electron chi connectivity index (χ0n) is 11.8. The van der Waals surface area contributed by atoms with Gasteiger partial charge in [0.05, 0.1) is 11.3 Å². The van der Waals surface area contributed by atoms with Gasteiger partial charge >= 0.3 is 0 Å². The number of hydrogen-bond donors (Lipinski definition) is 1. The van der Waals surface area contributed by atoms with Crippen molar-refractivity contribution >= 4 is 11.6 Å². The van der Waals surface area contributed by atoms with Crippen molar-refractivity contribution in [3.05, 3.63) is 65.6 Å². The number of benzene rings is 1. The average Bonchev–Trinajstić information content (AvgIpc) is 2.87. The molecule has 1 amide bonds. The molecule has 0 fully saturated rings. The zero-order valence-corrected chi connectivity index (χ0v) is 11.8. The van der Waals surface area contributed by atoms with Gasteiger partial charge < -0.3 is 5.32 Å². The third kappa shape index (κ3) is 3.08. The van der Waals surface area contributed by atoms with Gasteiger partial charge in [0.1, 0.15) is 0 Å². The van der Waals surface area contributed by atoms with E-state index < -0.39 is 0 Å². The summed E-state index contributed by atoms with van der Waals surface area (Å²) in [6, 6.07) is 11.9. The van der Waals surface area contributed by atoms with Gasteiger partial charge in [0.15, 0.2) is 5.65 Å². The number of aryl methyl sites for hydroxylation is 1. The minimum atomic E-state index is -0.131. The van der Waals surface area contributed by atoms with E-state index in [0.29, 0.717) is 12.1 Å². The molecular formula is C16H16N4O. The van der Waals surface area contributed by atoms with Crippen LogP contribution in [-0.2, 0) is 6.42 Å². The van der Waals surface area contributed by atoms with Crippen molar-refractivity contribution in [1.29, 1.82) is 0 Å². The Hall–Kier alpha value is -2.69. The van der Waals surface area contributed by atoms with Crippen LogP contribution in [0, 0.1) is 6.92 Å². The van der Waals surface area contributed by atoms with Gasteiger partial charge in [-0.25, -0.2) is 9.50 Å². The Morgan fingerprint density at radius 2 is 2.10 bits per heavy atom. The molecule has 0 aliphatic rings. The summed E-state index contributed by atoms with van der Waals surface area (Å²) in [6.07, 6.45) is 4.09. The molecule has 21 heavy (non-hydrogen) atoms. The molecule has 0 saturated carbocycles. The lowest BCUT2D eigenvalue weighted by atomic mass is 10.1. The smallest absolute Gasteiger partial charge is 0.254 e. The van der Waals surface area contributed by atoms with Crippen molar-refractivity contribution in [2.24, 2.45) is 0 Å². The van der Waals surface area contributed by atoms with Crippen LogP contribution < -0.4 is 5.32 Å². The molecule has 3 rings (SSSR count). The summed E-state index contributed by atoms with van der Waals surface area (Å²) in [5, 5.41) is 7.16. The predicted octanol–water partition coefficient (Wildman–Crippen LogP) is 2.01. The number of amides is 1. The summed E-state index contributed by atoms with van der Waals surface area (Å²) < 4.78 is 1.63. The normalized spacial score (nSPS) is 10.7. The van der Waals surface area contributed by atoms with Gasteiger partial charge in [0.2, 0.25) is 0 Å². The number of carbonyl (C=O) groups excluding carboxylic acids is 1. The van der Waals surface area contributed by atoms with E-state index in [4.69, 9.17) is 0 Å². The molecule has 5 nitrogen and oxygen atoms in total. The molecule has 0 radical (unpaired) electrons. The standard InChI is InChI=1S/C16H16N4O/c1-12-9-15-18-10-14(11-20(15)19-12)16(21)17-8-7-13-5-3-2-4-6-13/h2-6,9-11H,7-8H2,1H3,(H,17,21). The molecule has 1 N–H and O–H groups in total. The SMILES string of the molecule is Cc1cc2ncc(C(=O)NCCc3ccccc3)cn2n1. The Kier molecular flexibility index (Phi) is 3.64. The van der Waals surface area contributed by atoms with E-state index in [-0.39, 0.29) is 5.91 Å². The van der Waals surface area contributed by atoms with Crippen molar-refractivity contribution in [3.63, 3.8) is 0 Å². The lowest BCUT2D eigenvalue weighted by Crippen LogP contribution is -2.26. The van der Waals surface area contributed by atoms with Crippen LogP contribution in [0.4, 0.5) is 0 Å². The molecule has 2 aromatic heterocycles. The molecule has 0 unspecified atom stereocenters. The lowest BCUT2D eigenvalue weighted by molar-refractivity contribution is 0.0953. The highest BCUT2D eigenvalue weighted by Crippen LogP contribution is 2.05. The molecule has 1 aromatic carbocycles. The first kappa shape index (κ1) is 13.3. The van der Waals surface area contributed by atoms with Gasteiger partial charge in [-0.05, 0) is 18.9 Å². The first-order valence-corrected chi connectivity index (χ1v) is 6.86. The first-order valence-electron chi connectivity index (χ1n) is 6.86. The van der Waals surface area contributed by atoms with Crippen LogP contribution >= 0.6 is 0 Å². The number of aromatic nitrogens is 3. The van der Waals surface area contributed by atoms with E-state index in [1.54, 1.807) is 16.9 Å². The number of carbonyl (C=O) groups is 1. The van der Waals surface area contributed by atoms with Gasteiger partial charge in [-0.3, -0.25) is 4.79 Å². The van der Waals surface area contributed by atoms with Gasteiger partial charge in [0.25, 0.3) is 5.91 Å². The number of rotatable bonds is 4. The number of hydrogen-bond acceptors (Lipinski definition) is 3. The Morgan fingerprint density at radius 1 is 1.29 bits per heavy atom. The number of nitrogens with zero attached hydrogens (tertiary/aromatic N) is 3. The third-order valence-electron chi connectivity index (χ3n) is 3.24. The summed E-state index contributed by atoms with van der Waals surface area (Å²) in [6.45, 7) is 2.49. The van der Waals surface area contributed by atoms with Crippen molar-refractivity contribution < 1.29 is 4.79 Å². The van der Waals surface area contributed by atoms with E-state index in [1.807, 2.05) is 43.3 Å². The summed E-state index contributed by atoms with van der Waals surface area (Å²) in [5.41, 5.74) is 3.34. The van der Waals surface area contributed by atoms with Crippen molar-refractivity contribution in [3.8, 4) is 0 Å². The molecule has 2 heterocycles. The van der Waals surface area contributed by atoms with Gasteiger partial charge in [-0.1, -0.05) is 30.3 Å². The van der Waals surface area contributed by atoms with Crippen LogP contribution in [0.2, 0.25) is 0 Å². The first-order chi connectivity index (χ1) is 10.2. The summed E-state index contributed by atoms with van der Waals surface area (Å²) >= 11 is 0. The van der Waals surface area contributed by atoms with Crippen LogP contribution in [0.1, 0.15) is 21.6 Å². The Labute approximate surface area is 122 Å². The molecule has 0 saturated heterocycles. The fourth-order valence-electron chi connectivity index (χ4n) is 2.18. The van der Waals surface area contributed by atoms with Crippen LogP contribution in [0.25, 0.3) is 5.65 Å². The second-order valence-electron chi connectivity index (χ2n) is 4.92. The predicted molar refractivity (Wildman–Crippen MR) is 80.2 cm³/mol. The maximum Gasteiger partial charge on any atom is 0.254 e. The maximum atomic E-state index is 12.1. The molecule has 5 heteroatoms. The monoisotopic (exact) mass is 280 g/mol. The highest BCUT2D eigenvalue weighted by atomic mass is 16.1. The van der Waals surface area contributed by atoms with Crippen molar-refractivity contribution in [2.45, 2.75) is 13.3 Å². The van der Waals surface area contributed by atoms with E-state index in [2.05, 4.69) is 15.4 Å². The van der Waals surface area contributed by atoms with Crippen molar-refractivity contribution in [1.82, 2.24) is 19.9 Å². The molecule has 0 aliphatic heterocycles. The van der Waals surface area contributed by atoms with E-state index >= 15 is 0 Å². The number of fused-ring (bicyclic) bond motifs is 1. The molecule has 3 aromatic rings. The second-order valence-corrected chi connectivity index (χ2v) is 4.92. The Balaban J connectivity index is 1.63. The minimum absolute atomic E-state index is 0.131. The summed E-state index contributed by atoms with van der Waals surface area (Å²) in [5.74, 6) is -0.131. The Bertz CT molecular complexity index is 764. The lowest BCUT2D eigenvalue weighted by Gasteiger charge is -2.05. The average molecular weight is 280 g/mol. The van der Waals surface area contributed by atoms with Crippen LogP contribution in [-0.4, -0.2) is 27.0 Å². The zero-order chi connectivity index (χ0) is 14.7. The number of nitrogens with one attached hydrogen (secondary N) is 1. The molecule has 0 bridgehead atoms. The minimum Gasteiger partial charge on any atom is -0.352 e. The van der Waals surface area contributed by atoms with Crippen LogP contribution in [0.5, 0.6) is 0 Å². The highest BCUT2D eigenvalue weighted by Gasteiger charge is 2.08. The van der Waals surface area contributed by atoms with E-state index in [9.17, 15) is 4.79 Å². The second kappa shape index (κ2) is 5.75. The molecule has 0 spiro atoms. The van der Waals surface area contributed by atoms with Gasteiger partial charge in [-0.15, -0.1) is 0 Å².